The van der Waals surface area contributed by atoms with Gasteiger partial charge in [0, 0.05) is 38.2 Å². The zero-order chi connectivity index (χ0) is 40.4. The minimum atomic E-state index is -0.208. The lowest BCUT2D eigenvalue weighted by Crippen LogP contribution is -2.15. The fourth-order valence-electron chi connectivity index (χ4n) is 10.5. The normalized spacial score (nSPS) is 13.2. The van der Waals surface area contributed by atoms with E-state index in [1.54, 1.807) is 0 Å². The van der Waals surface area contributed by atoms with Gasteiger partial charge >= 0.3 is 0 Å². The van der Waals surface area contributed by atoms with Crippen molar-refractivity contribution in [3.8, 4) is 50.2 Å². The molecule has 13 rings (SSSR count). The van der Waals surface area contributed by atoms with E-state index in [-0.39, 0.29) is 5.41 Å². The zero-order valence-electron chi connectivity index (χ0n) is 33.9. The molecule has 2 heterocycles. The summed E-state index contributed by atoms with van der Waals surface area (Å²) in [4.78, 5) is 0. The van der Waals surface area contributed by atoms with E-state index in [4.69, 9.17) is 4.42 Å². The molecule has 0 unspecified atom stereocenters. The maximum Gasteiger partial charge on any atom is 0.143 e. The molecule has 0 saturated carbocycles. The van der Waals surface area contributed by atoms with Crippen molar-refractivity contribution in [2.75, 3.05) is 0 Å². The fraction of sp³-hybridized carbons (Fsp3) is 0.0508. The van der Waals surface area contributed by atoms with Gasteiger partial charge in [-0.05, 0) is 120 Å². The van der Waals surface area contributed by atoms with Gasteiger partial charge in [0.25, 0.3) is 0 Å². The average Bonchev–Trinajstić information content (AvgIpc) is 3.93. The molecule has 0 aliphatic heterocycles. The summed E-state index contributed by atoms with van der Waals surface area (Å²) in [6, 6.07) is 73.8. The maximum absolute atomic E-state index is 6.62. The van der Waals surface area contributed by atoms with E-state index in [2.05, 4.69) is 219 Å². The SMILES string of the molecule is CC1(C)c2cc(-n3c4ccc(-c5ccc(-c6ccccc6)cc5)cc4c4cc(-c5ccc6c(ccc7ccccc76)c5)ccc43)ccc2-c2c1ccc1c2oc2ccccc21. The summed E-state index contributed by atoms with van der Waals surface area (Å²) < 4.78 is 9.10. The highest BCUT2D eigenvalue weighted by atomic mass is 16.3. The first-order valence-corrected chi connectivity index (χ1v) is 21.2. The van der Waals surface area contributed by atoms with Gasteiger partial charge in [0.05, 0.1) is 11.0 Å². The van der Waals surface area contributed by atoms with E-state index in [9.17, 15) is 0 Å². The van der Waals surface area contributed by atoms with Crippen LogP contribution in [0.5, 0.6) is 0 Å². The van der Waals surface area contributed by atoms with Crippen LogP contribution in [-0.2, 0) is 5.41 Å². The molecule has 1 aliphatic carbocycles. The van der Waals surface area contributed by atoms with E-state index in [1.807, 2.05) is 0 Å². The van der Waals surface area contributed by atoms with Crippen molar-refractivity contribution in [1.82, 2.24) is 4.57 Å². The molecule has 286 valence electrons. The quantitative estimate of drug-likeness (QED) is 0.163. The molecule has 61 heavy (non-hydrogen) atoms. The smallest absolute Gasteiger partial charge is 0.143 e. The Morgan fingerprint density at radius 3 is 1.74 bits per heavy atom. The van der Waals surface area contributed by atoms with Crippen LogP contribution in [-0.4, -0.2) is 4.57 Å². The first kappa shape index (κ1) is 34.2. The second kappa shape index (κ2) is 12.7. The summed E-state index contributed by atoms with van der Waals surface area (Å²) in [6.45, 7) is 4.71. The van der Waals surface area contributed by atoms with Gasteiger partial charge in [0.2, 0.25) is 0 Å². The number of nitrogens with zero attached hydrogens (tertiary/aromatic N) is 1. The van der Waals surface area contributed by atoms with Gasteiger partial charge in [-0.15, -0.1) is 0 Å². The maximum atomic E-state index is 6.62. The predicted octanol–water partition coefficient (Wildman–Crippen LogP) is 16.3. The van der Waals surface area contributed by atoms with Crippen molar-refractivity contribution < 1.29 is 4.42 Å². The number of fused-ring (bicyclic) bond motifs is 13. The Hall–Kier alpha value is -7.68. The summed E-state index contributed by atoms with van der Waals surface area (Å²) in [6.07, 6.45) is 0. The van der Waals surface area contributed by atoms with Crippen LogP contribution in [0.15, 0.2) is 205 Å². The molecular weight excluding hydrogens is 739 g/mol. The third kappa shape index (κ3) is 5.03. The Labute approximate surface area is 353 Å². The van der Waals surface area contributed by atoms with E-state index in [0.717, 1.165) is 22.2 Å². The standard InChI is InChI=1S/C59H39NO/c1-59(2)52-29-28-48-47-14-8-9-15-56(47)61-58(48)57(52)49-27-25-44(35-53(49)59)60-54-30-23-41(38-18-16-37(17-19-38)36-10-4-3-5-11-36)33-50(54)51-34-42(24-31-55(51)60)40-22-26-46-43(32-40)21-20-39-12-6-7-13-45(39)46/h3-35H,1-2H3. The van der Waals surface area contributed by atoms with Gasteiger partial charge in [-0.2, -0.15) is 0 Å². The summed E-state index contributed by atoms with van der Waals surface area (Å²) >= 11 is 0. The van der Waals surface area contributed by atoms with Crippen molar-refractivity contribution in [2.45, 2.75) is 19.3 Å². The average molecular weight is 778 g/mol. The molecule has 12 aromatic rings. The van der Waals surface area contributed by atoms with Crippen LogP contribution in [0.2, 0.25) is 0 Å². The largest absolute Gasteiger partial charge is 0.455 e. The van der Waals surface area contributed by atoms with Gasteiger partial charge in [-0.25, -0.2) is 0 Å². The van der Waals surface area contributed by atoms with Crippen LogP contribution in [0.3, 0.4) is 0 Å². The minimum Gasteiger partial charge on any atom is -0.455 e. The van der Waals surface area contributed by atoms with Crippen molar-refractivity contribution in [1.29, 1.82) is 0 Å². The number of para-hydroxylation sites is 1. The number of hydrogen-bond acceptors (Lipinski definition) is 1. The lowest BCUT2D eigenvalue weighted by atomic mass is 9.82. The number of hydrogen-bond donors (Lipinski definition) is 0. The Kier molecular flexibility index (Phi) is 7.10. The summed E-state index contributed by atoms with van der Waals surface area (Å²) in [5.74, 6) is 0. The number of furan rings is 1. The molecule has 2 heteroatoms. The van der Waals surface area contributed by atoms with Crippen molar-refractivity contribution in [2.24, 2.45) is 0 Å². The van der Waals surface area contributed by atoms with E-state index >= 15 is 0 Å². The summed E-state index contributed by atoms with van der Waals surface area (Å²) in [7, 11) is 0. The fourth-order valence-corrected chi connectivity index (χ4v) is 10.5. The third-order valence-corrected chi connectivity index (χ3v) is 13.6. The molecule has 0 N–H and O–H groups in total. The predicted molar refractivity (Wildman–Crippen MR) is 257 cm³/mol. The third-order valence-electron chi connectivity index (χ3n) is 13.6. The number of aromatic nitrogens is 1. The van der Waals surface area contributed by atoms with Crippen molar-refractivity contribution in [3.05, 3.63) is 211 Å². The highest BCUT2D eigenvalue weighted by Crippen LogP contribution is 2.53. The Balaban J connectivity index is 0.996. The highest BCUT2D eigenvalue weighted by molar-refractivity contribution is 6.14. The molecule has 0 bridgehead atoms. The zero-order valence-corrected chi connectivity index (χ0v) is 33.9. The van der Waals surface area contributed by atoms with Crippen LogP contribution in [0.1, 0.15) is 25.0 Å². The molecule has 0 radical (unpaired) electrons. The van der Waals surface area contributed by atoms with Crippen molar-refractivity contribution >= 4 is 65.3 Å². The molecule has 2 nitrogen and oxygen atoms in total. The molecular formula is C59H39NO. The first-order valence-electron chi connectivity index (χ1n) is 21.2. The molecule has 1 aliphatic rings. The molecule has 0 saturated heterocycles. The van der Waals surface area contributed by atoms with Crippen molar-refractivity contribution in [3.63, 3.8) is 0 Å². The Morgan fingerprint density at radius 2 is 0.951 bits per heavy atom. The van der Waals surface area contributed by atoms with E-state index in [0.29, 0.717) is 0 Å². The van der Waals surface area contributed by atoms with Gasteiger partial charge in [0.1, 0.15) is 11.2 Å². The Bertz CT molecular complexity index is 3770. The molecule has 0 amide bonds. The van der Waals surface area contributed by atoms with Crippen LogP contribution in [0.4, 0.5) is 0 Å². The van der Waals surface area contributed by atoms with Crippen LogP contribution < -0.4 is 0 Å². The topological polar surface area (TPSA) is 18.1 Å². The highest BCUT2D eigenvalue weighted by Gasteiger charge is 2.38. The summed E-state index contributed by atoms with van der Waals surface area (Å²) in [5.41, 5.74) is 17.6. The van der Waals surface area contributed by atoms with Gasteiger partial charge < -0.3 is 8.98 Å². The van der Waals surface area contributed by atoms with Gasteiger partial charge in [0.15, 0.2) is 0 Å². The minimum absolute atomic E-state index is 0.208. The van der Waals surface area contributed by atoms with Crippen LogP contribution in [0, 0.1) is 0 Å². The molecule has 0 atom stereocenters. The molecule has 2 aromatic heterocycles. The lowest BCUT2D eigenvalue weighted by Gasteiger charge is -2.22. The molecule has 0 fully saturated rings. The Morgan fingerprint density at radius 1 is 0.377 bits per heavy atom. The lowest BCUT2D eigenvalue weighted by molar-refractivity contribution is 0.653. The number of benzene rings is 10. The summed E-state index contributed by atoms with van der Waals surface area (Å²) in [5, 5.41) is 9.90. The second-order valence-electron chi connectivity index (χ2n) is 17.3. The first-order chi connectivity index (χ1) is 30.0. The monoisotopic (exact) mass is 777 g/mol. The van der Waals surface area contributed by atoms with Gasteiger partial charge in [-0.3, -0.25) is 0 Å². The van der Waals surface area contributed by atoms with Crippen LogP contribution in [0.25, 0.3) is 115 Å². The van der Waals surface area contributed by atoms with Gasteiger partial charge in [-0.1, -0.05) is 166 Å². The second-order valence-corrected chi connectivity index (χ2v) is 17.3. The molecule has 10 aromatic carbocycles. The number of rotatable bonds is 4. The van der Waals surface area contributed by atoms with E-state index < -0.39 is 0 Å². The van der Waals surface area contributed by atoms with E-state index in [1.165, 1.54) is 104 Å². The molecule has 0 spiro atoms. The van der Waals surface area contributed by atoms with Crippen LogP contribution >= 0.6 is 0 Å².